The van der Waals surface area contributed by atoms with Gasteiger partial charge in [0.25, 0.3) is 5.91 Å². The van der Waals surface area contributed by atoms with Gasteiger partial charge < -0.3 is 4.90 Å². The molecule has 0 saturated carbocycles. The quantitative estimate of drug-likeness (QED) is 0.812. The van der Waals surface area contributed by atoms with Crippen molar-refractivity contribution in [2.24, 2.45) is 0 Å². The average molecular weight is 372 g/mol. The number of carbonyl (C=O) groups is 1. The standard InChI is InChI=1S/C19H17FN2O3S/c20-17-7-2-1-6-16(17)18-8-9-22(10-11-26(18,24)25)19(23)15-5-3-4-14(12-15)13-21/h1-7,12,18H,8-11H2/t18-/m0/s1. The van der Waals surface area contributed by atoms with Crippen molar-refractivity contribution in [3.63, 3.8) is 0 Å². The number of sulfone groups is 1. The maximum atomic E-state index is 14.1. The molecule has 0 unspecified atom stereocenters. The molecule has 5 nitrogen and oxygen atoms in total. The van der Waals surface area contributed by atoms with E-state index in [0.29, 0.717) is 11.1 Å². The van der Waals surface area contributed by atoms with E-state index >= 15 is 0 Å². The Kier molecular flexibility index (Phi) is 5.05. The Morgan fingerprint density at radius 1 is 1.15 bits per heavy atom. The van der Waals surface area contributed by atoms with Crippen LogP contribution in [-0.4, -0.2) is 38.1 Å². The first-order valence-electron chi connectivity index (χ1n) is 8.18. The second-order valence-electron chi connectivity index (χ2n) is 6.15. The van der Waals surface area contributed by atoms with Crippen molar-refractivity contribution in [1.82, 2.24) is 4.90 Å². The number of benzene rings is 2. The number of hydrogen-bond acceptors (Lipinski definition) is 4. The molecule has 3 rings (SSSR count). The van der Waals surface area contributed by atoms with Crippen LogP contribution in [0.25, 0.3) is 0 Å². The largest absolute Gasteiger partial charge is 0.338 e. The van der Waals surface area contributed by atoms with E-state index < -0.39 is 20.9 Å². The Hall–Kier alpha value is -2.72. The molecule has 0 spiro atoms. The summed E-state index contributed by atoms with van der Waals surface area (Å²) in [5, 5.41) is 8.00. The summed E-state index contributed by atoms with van der Waals surface area (Å²) in [6, 6.07) is 14.1. The molecule has 0 aromatic heterocycles. The molecule has 1 fully saturated rings. The van der Waals surface area contributed by atoms with E-state index in [2.05, 4.69) is 0 Å². The van der Waals surface area contributed by atoms with Crippen LogP contribution < -0.4 is 0 Å². The molecule has 0 N–H and O–H groups in total. The predicted molar refractivity (Wildman–Crippen MR) is 94.6 cm³/mol. The maximum Gasteiger partial charge on any atom is 0.253 e. The van der Waals surface area contributed by atoms with Gasteiger partial charge in [-0.15, -0.1) is 0 Å². The van der Waals surface area contributed by atoms with Crippen LogP contribution in [0.1, 0.15) is 33.2 Å². The summed E-state index contributed by atoms with van der Waals surface area (Å²) in [7, 11) is -3.58. The van der Waals surface area contributed by atoms with Crippen LogP contribution in [0.5, 0.6) is 0 Å². The van der Waals surface area contributed by atoms with Crippen LogP contribution in [0.15, 0.2) is 48.5 Å². The smallest absolute Gasteiger partial charge is 0.253 e. The van der Waals surface area contributed by atoms with Crippen molar-refractivity contribution in [2.45, 2.75) is 11.7 Å². The second-order valence-corrected chi connectivity index (χ2v) is 8.45. The molecule has 2 aromatic rings. The van der Waals surface area contributed by atoms with Gasteiger partial charge in [-0.05, 0) is 30.7 Å². The summed E-state index contributed by atoms with van der Waals surface area (Å²) in [5.41, 5.74) is 0.849. The van der Waals surface area contributed by atoms with Crippen LogP contribution in [0.3, 0.4) is 0 Å². The first-order chi connectivity index (χ1) is 12.4. The van der Waals surface area contributed by atoms with E-state index in [9.17, 15) is 17.6 Å². The maximum absolute atomic E-state index is 14.1. The monoisotopic (exact) mass is 372 g/mol. The van der Waals surface area contributed by atoms with Crippen LogP contribution in [-0.2, 0) is 9.84 Å². The molecule has 7 heteroatoms. The molecule has 1 atom stereocenters. The van der Waals surface area contributed by atoms with Gasteiger partial charge in [0.15, 0.2) is 9.84 Å². The van der Waals surface area contributed by atoms with Crippen molar-refractivity contribution < 1.29 is 17.6 Å². The van der Waals surface area contributed by atoms with Gasteiger partial charge in [0.1, 0.15) is 5.82 Å². The minimum atomic E-state index is -3.58. The zero-order chi connectivity index (χ0) is 18.7. The summed E-state index contributed by atoms with van der Waals surface area (Å²) in [4.78, 5) is 14.1. The molecule has 0 bridgehead atoms. The third-order valence-electron chi connectivity index (χ3n) is 4.52. The summed E-state index contributed by atoms with van der Waals surface area (Å²) in [6.07, 6.45) is 0.132. The lowest BCUT2D eigenvalue weighted by Crippen LogP contribution is -2.33. The second kappa shape index (κ2) is 7.26. The fraction of sp³-hybridized carbons (Fsp3) is 0.263. The van der Waals surface area contributed by atoms with Gasteiger partial charge in [-0.25, -0.2) is 12.8 Å². The number of rotatable bonds is 2. The highest BCUT2D eigenvalue weighted by Gasteiger charge is 2.34. The molecule has 0 radical (unpaired) electrons. The first-order valence-corrected chi connectivity index (χ1v) is 9.89. The third-order valence-corrected chi connectivity index (χ3v) is 6.63. The summed E-state index contributed by atoms with van der Waals surface area (Å²) in [5.74, 6) is -1.11. The molecule has 1 amide bonds. The summed E-state index contributed by atoms with van der Waals surface area (Å²) < 4.78 is 39.3. The van der Waals surface area contributed by atoms with E-state index in [0.717, 1.165) is 0 Å². The van der Waals surface area contributed by atoms with E-state index in [1.54, 1.807) is 24.3 Å². The molecule has 1 heterocycles. The Morgan fingerprint density at radius 3 is 2.65 bits per heavy atom. The van der Waals surface area contributed by atoms with Crippen molar-refractivity contribution in [3.8, 4) is 6.07 Å². The molecule has 26 heavy (non-hydrogen) atoms. The lowest BCUT2D eigenvalue weighted by Gasteiger charge is -2.20. The third kappa shape index (κ3) is 3.60. The normalized spacial score (nSPS) is 19.4. The molecular weight excluding hydrogens is 355 g/mol. The number of hydrogen-bond donors (Lipinski definition) is 0. The Balaban J connectivity index is 1.86. The van der Waals surface area contributed by atoms with Crippen LogP contribution >= 0.6 is 0 Å². The van der Waals surface area contributed by atoms with Gasteiger partial charge in [0, 0.05) is 24.2 Å². The average Bonchev–Trinajstić information content (AvgIpc) is 2.80. The highest BCUT2D eigenvalue weighted by molar-refractivity contribution is 7.91. The van der Waals surface area contributed by atoms with Crippen molar-refractivity contribution in [1.29, 1.82) is 5.26 Å². The van der Waals surface area contributed by atoms with Crippen LogP contribution in [0, 0.1) is 17.1 Å². The summed E-state index contributed by atoms with van der Waals surface area (Å²) in [6.45, 7) is 0.247. The van der Waals surface area contributed by atoms with Crippen molar-refractivity contribution in [2.75, 3.05) is 18.8 Å². The minimum Gasteiger partial charge on any atom is -0.338 e. The fourth-order valence-corrected chi connectivity index (χ4v) is 4.94. The van der Waals surface area contributed by atoms with Gasteiger partial charge >= 0.3 is 0 Å². The van der Waals surface area contributed by atoms with Crippen molar-refractivity contribution in [3.05, 3.63) is 71.0 Å². The Labute approximate surface area is 151 Å². The van der Waals surface area contributed by atoms with Gasteiger partial charge in [-0.2, -0.15) is 5.26 Å². The topological polar surface area (TPSA) is 78.2 Å². The number of amides is 1. The number of nitrogens with zero attached hydrogens (tertiary/aromatic N) is 2. The predicted octanol–water partition coefficient (Wildman–Crippen LogP) is 2.70. The molecule has 1 saturated heterocycles. The number of nitriles is 1. The first kappa shape index (κ1) is 18.1. The van der Waals surface area contributed by atoms with Crippen molar-refractivity contribution >= 4 is 15.7 Å². The Bertz CT molecular complexity index is 982. The fourth-order valence-electron chi connectivity index (χ4n) is 3.14. The van der Waals surface area contributed by atoms with Crippen LogP contribution in [0.2, 0.25) is 0 Å². The molecule has 1 aliphatic heterocycles. The van der Waals surface area contributed by atoms with Gasteiger partial charge in [-0.1, -0.05) is 24.3 Å². The Morgan fingerprint density at radius 2 is 1.92 bits per heavy atom. The van der Waals surface area contributed by atoms with E-state index in [1.807, 2.05) is 6.07 Å². The highest BCUT2D eigenvalue weighted by Crippen LogP contribution is 2.31. The SMILES string of the molecule is N#Cc1cccc(C(=O)N2CC[C@@H](c3ccccc3F)S(=O)(=O)CC2)c1. The van der Waals surface area contributed by atoms with E-state index in [4.69, 9.17) is 5.26 Å². The zero-order valence-electron chi connectivity index (χ0n) is 13.9. The number of carbonyl (C=O) groups excluding carboxylic acids is 1. The zero-order valence-corrected chi connectivity index (χ0v) is 14.7. The van der Waals surface area contributed by atoms with Gasteiger partial charge in [0.2, 0.25) is 0 Å². The molecule has 0 aliphatic carbocycles. The molecule has 1 aliphatic rings. The van der Waals surface area contributed by atoms with Gasteiger partial charge in [-0.3, -0.25) is 4.79 Å². The highest BCUT2D eigenvalue weighted by atomic mass is 32.2. The minimum absolute atomic E-state index is 0.0445. The molecular formula is C19H17FN2O3S. The molecule has 2 aromatic carbocycles. The van der Waals surface area contributed by atoms with E-state index in [-0.39, 0.29) is 36.7 Å². The molecule has 134 valence electrons. The lowest BCUT2D eigenvalue weighted by atomic mass is 10.1. The summed E-state index contributed by atoms with van der Waals surface area (Å²) >= 11 is 0. The van der Waals surface area contributed by atoms with Gasteiger partial charge in [0.05, 0.1) is 22.6 Å². The van der Waals surface area contributed by atoms with E-state index in [1.165, 1.54) is 29.2 Å². The number of halogens is 1. The van der Waals surface area contributed by atoms with Crippen LogP contribution in [0.4, 0.5) is 4.39 Å². The lowest BCUT2D eigenvalue weighted by molar-refractivity contribution is 0.0766.